The highest BCUT2D eigenvalue weighted by atomic mass is 35.5. The highest BCUT2D eigenvalue weighted by molar-refractivity contribution is 6.31. The minimum Gasteiger partial charge on any atom is -0.388 e. The molecule has 0 saturated heterocycles. The minimum atomic E-state index is -0.595. The van der Waals surface area contributed by atoms with Gasteiger partial charge in [0.1, 0.15) is 0 Å². The fourth-order valence-electron chi connectivity index (χ4n) is 1.66. The predicted octanol–water partition coefficient (Wildman–Crippen LogP) is 2.71. The van der Waals surface area contributed by atoms with E-state index in [2.05, 4.69) is 9.97 Å². The molecule has 0 aliphatic carbocycles. The van der Waals surface area contributed by atoms with Gasteiger partial charge in [-0.05, 0) is 29.7 Å². The Morgan fingerprint density at radius 3 is 2.82 bits per heavy atom. The van der Waals surface area contributed by atoms with Gasteiger partial charge in [-0.15, -0.1) is 0 Å². The molecule has 0 bridgehead atoms. The van der Waals surface area contributed by atoms with Gasteiger partial charge in [-0.1, -0.05) is 17.7 Å². The lowest BCUT2D eigenvalue weighted by molar-refractivity contribution is 0.178. The molecule has 2 heterocycles. The Morgan fingerprint density at radius 1 is 1.29 bits per heavy atom. The Bertz CT molecular complexity index is 516. The normalized spacial score (nSPS) is 12.4. The average molecular weight is 249 g/mol. The maximum atomic E-state index is 10.1. The maximum absolute atomic E-state index is 10.1. The van der Waals surface area contributed by atoms with Gasteiger partial charge in [-0.3, -0.25) is 9.97 Å². The molecule has 1 unspecified atom stereocenters. The number of aliphatic hydroxyl groups is 1. The van der Waals surface area contributed by atoms with Crippen LogP contribution in [0.1, 0.15) is 22.8 Å². The molecule has 88 valence electrons. The first-order valence-corrected chi connectivity index (χ1v) is 5.72. The Hall–Kier alpha value is -1.45. The molecule has 1 N–H and O–H groups in total. The molecule has 2 aromatic rings. The van der Waals surface area contributed by atoms with Gasteiger partial charge in [0.05, 0.1) is 11.1 Å². The van der Waals surface area contributed by atoms with Crippen molar-refractivity contribution in [3.63, 3.8) is 0 Å². The van der Waals surface area contributed by atoms with Crippen LogP contribution in [0.5, 0.6) is 0 Å². The number of aromatic nitrogens is 2. The number of aliphatic hydroxyl groups excluding tert-OH is 1. The molecule has 0 amide bonds. The van der Waals surface area contributed by atoms with E-state index in [0.717, 1.165) is 16.7 Å². The van der Waals surface area contributed by atoms with Crippen LogP contribution in [0.4, 0.5) is 0 Å². The van der Waals surface area contributed by atoms with Crippen LogP contribution in [0.25, 0.3) is 0 Å². The van der Waals surface area contributed by atoms with Crippen molar-refractivity contribution in [1.82, 2.24) is 9.97 Å². The minimum absolute atomic E-state index is 0.465. The number of nitrogens with zero attached hydrogens (tertiary/aromatic N) is 2. The van der Waals surface area contributed by atoms with Gasteiger partial charge < -0.3 is 5.11 Å². The monoisotopic (exact) mass is 248 g/mol. The van der Waals surface area contributed by atoms with Crippen molar-refractivity contribution >= 4 is 11.6 Å². The van der Waals surface area contributed by atoms with E-state index >= 15 is 0 Å². The number of halogens is 1. The third kappa shape index (κ3) is 3.02. The molecule has 3 nitrogen and oxygen atoms in total. The molecular formula is C13H13ClN2O. The third-order valence-corrected chi connectivity index (χ3v) is 2.89. The Kier molecular flexibility index (Phi) is 3.71. The van der Waals surface area contributed by atoms with Crippen LogP contribution in [-0.4, -0.2) is 15.1 Å². The second-order valence-electron chi connectivity index (χ2n) is 3.98. The molecule has 0 fully saturated rings. The molecule has 0 aliphatic rings. The van der Waals surface area contributed by atoms with E-state index in [0.29, 0.717) is 11.4 Å². The van der Waals surface area contributed by atoms with E-state index in [4.69, 9.17) is 11.6 Å². The Morgan fingerprint density at radius 2 is 2.12 bits per heavy atom. The van der Waals surface area contributed by atoms with Gasteiger partial charge in [0.15, 0.2) is 0 Å². The molecule has 0 aliphatic heterocycles. The molecule has 17 heavy (non-hydrogen) atoms. The summed E-state index contributed by atoms with van der Waals surface area (Å²) in [6.07, 6.45) is 6.55. The topological polar surface area (TPSA) is 46.0 Å². The van der Waals surface area contributed by atoms with Crippen LogP contribution in [0, 0.1) is 6.92 Å². The lowest BCUT2D eigenvalue weighted by atomic mass is 10.0. The summed E-state index contributed by atoms with van der Waals surface area (Å²) in [7, 11) is 0. The van der Waals surface area contributed by atoms with Gasteiger partial charge in [-0.25, -0.2) is 0 Å². The van der Waals surface area contributed by atoms with E-state index in [1.54, 1.807) is 24.8 Å². The van der Waals surface area contributed by atoms with Crippen LogP contribution in [0.3, 0.4) is 0 Å². The van der Waals surface area contributed by atoms with Crippen LogP contribution < -0.4 is 0 Å². The third-order valence-electron chi connectivity index (χ3n) is 2.55. The molecule has 2 rings (SSSR count). The fourth-order valence-corrected chi connectivity index (χ4v) is 1.85. The van der Waals surface area contributed by atoms with E-state index < -0.39 is 6.10 Å². The first-order valence-electron chi connectivity index (χ1n) is 5.35. The van der Waals surface area contributed by atoms with Crippen LogP contribution >= 0.6 is 11.6 Å². The van der Waals surface area contributed by atoms with E-state index in [-0.39, 0.29) is 0 Å². The van der Waals surface area contributed by atoms with Crippen LogP contribution in [-0.2, 0) is 6.42 Å². The van der Waals surface area contributed by atoms with Gasteiger partial charge in [0.25, 0.3) is 0 Å². The zero-order valence-electron chi connectivity index (χ0n) is 9.47. The lowest BCUT2D eigenvalue weighted by Gasteiger charge is -2.12. The van der Waals surface area contributed by atoms with Gasteiger partial charge in [-0.2, -0.15) is 0 Å². The number of rotatable bonds is 3. The van der Waals surface area contributed by atoms with Gasteiger partial charge >= 0.3 is 0 Å². The summed E-state index contributed by atoms with van der Waals surface area (Å²) in [6, 6.07) is 3.74. The quantitative estimate of drug-likeness (QED) is 0.909. The second-order valence-corrected chi connectivity index (χ2v) is 4.39. The number of pyridine rings is 2. The maximum Gasteiger partial charge on any atom is 0.0845 e. The molecule has 0 radical (unpaired) electrons. The van der Waals surface area contributed by atoms with E-state index in [1.807, 2.05) is 19.1 Å². The van der Waals surface area contributed by atoms with Gasteiger partial charge in [0, 0.05) is 31.2 Å². The highest BCUT2D eigenvalue weighted by Crippen LogP contribution is 2.22. The molecule has 0 aromatic carbocycles. The van der Waals surface area contributed by atoms with Crippen molar-refractivity contribution in [2.24, 2.45) is 0 Å². The highest BCUT2D eigenvalue weighted by Gasteiger charge is 2.11. The molecule has 0 spiro atoms. The molecule has 4 heteroatoms. The Balaban J connectivity index is 2.17. The van der Waals surface area contributed by atoms with Crippen LogP contribution in [0.15, 0.2) is 36.9 Å². The number of hydrogen-bond acceptors (Lipinski definition) is 3. The second kappa shape index (κ2) is 5.25. The molecule has 1 atom stereocenters. The summed E-state index contributed by atoms with van der Waals surface area (Å²) >= 11 is 6.00. The SMILES string of the molecule is Cc1cncc(C(O)Cc2ccncc2Cl)c1. The van der Waals surface area contributed by atoms with Crippen molar-refractivity contribution in [3.05, 3.63) is 58.6 Å². The predicted molar refractivity (Wildman–Crippen MR) is 66.9 cm³/mol. The smallest absolute Gasteiger partial charge is 0.0845 e. The zero-order valence-corrected chi connectivity index (χ0v) is 10.2. The molecular weight excluding hydrogens is 236 g/mol. The first-order chi connectivity index (χ1) is 8.16. The number of aryl methyl sites for hydroxylation is 1. The Labute approximate surface area is 105 Å². The summed E-state index contributed by atoms with van der Waals surface area (Å²) in [5.41, 5.74) is 2.72. The van der Waals surface area contributed by atoms with Crippen molar-refractivity contribution in [2.45, 2.75) is 19.4 Å². The number of hydrogen-bond donors (Lipinski definition) is 1. The summed E-state index contributed by atoms with van der Waals surface area (Å²) in [4.78, 5) is 7.98. The van der Waals surface area contributed by atoms with Crippen molar-refractivity contribution in [2.75, 3.05) is 0 Å². The zero-order chi connectivity index (χ0) is 12.3. The fraction of sp³-hybridized carbons (Fsp3) is 0.231. The van der Waals surface area contributed by atoms with E-state index in [1.165, 1.54) is 0 Å². The van der Waals surface area contributed by atoms with Gasteiger partial charge in [0.2, 0.25) is 0 Å². The van der Waals surface area contributed by atoms with Crippen molar-refractivity contribution in [1.29, 1.82) is 0 Å². The van der Waals surface area contributed by atoms with Crippen molar-refractivity contribution < 1.29 is 5.11 Å². The van der Waals surface area contributed by atoms with Crippen LogP contribution in [0.2, 0.25) is 5.02 Å². The summed E-state index contributed by atoms with van der Waals surface area (Å²) in [6.45, 7) is 1.95. The standard InChI is InChI=1S/C13H13ClN2O/c1-9-4-11(7-16-6-9)13(17)5-10-2-3-15-8-12(10)14/h2-4,6-8,13,17H,5H2,1H3. The largest absolute Gasteiger partial charge is 0.388 e. The van der Waals surface area contributed by atoms with E-state index in [9.17, 15) is 5.11 Å². The summed E-state index contributed by atoms with van der Waals surface area (Å²) in [5.74, 6) is 0. The summed E-state index contributed by atoms with van der Waals surface area (Å²) < 4.78 is 0. The first kappa shape index (κ1) is 12.0. The summed E-state index contributed by atoms with van der Waals surface area (Å²) in [5, 5.41) is 10.7. The average Bonchev–Trinajstić information content (AvgIpc) is 2.32. The molecule has 0 saturated carbocycles. The lowest BCUT2D eigenvalue weighted by Crippen LogP contribution is -2.03. The van der Waals surface area contributed by atoms with Crippen molar-refractivity contribution in [3.8, 4) is 0 Å². The molecule has 2 aromatic heterocycles.